The third-order valence-corrected chi connectivity index (χ3v) is 3.71. The summed E-state index contributed by atoms with van der Waals surface area (Å²) in [5, 5.41) is 15.0. The molecule has 2 aromatic carbocycles. The van der Waals surface area contributed by atoms with Gasteiger partial charge in [0, 0.05) is 18.4 Å². The summed E-state index contributed by atoms with van der Waals surface area (Å²) in [5.41, 5.74) is 3.81. The van der Waals surface area contributed by atoms with E-state index in [9.17, 15) is 10.1 Å². The van der Waals surface area contributed by atoms with Gasteiger partial charge in [0.25, 0.3) is 5.91 Å². The van der Waals surface area contributed by atoms with Gasteiger partial charge in [-0.05, 0) is 43.2 Å². The summed E-state index contributed by atoms with van der Waals surface area (Å²) in [4.78, 5) is 12.2. The third kappa shape index (κ3) is 5.11. The number of carbonyl (C=O) groups excluding carboxylic acids is 1. The molecule has 0 unspecified atom stereocenters. The van der Waals surface area contributed by atoms with Crippen LogP contribution in [0.4, 0.5) is 5.69 Å². The van der Waals surface area contributed by atoms with Gasteiger partial charge in [-0.1, -0.05) is 29.8 Å². The quantitative estimate of drug-likeness (QED) is 0.626. The molecular formula is C20H21N3O2. The molecule has 5 heteroatoms. The minimum Gasteiger partial charge on any atom is -0.497 e. The van der Waals surface area contributed by atoms with Crippen molar-refractivity contribution in [2.45, 2.75) is 20.4 Å². The van der Waals surface area contributed by atoms with Crippen LogP contribution >= 0.6 is 0 Å². The van der Waals surface area contributed by atoms with Crippen molar-refractivity contribution >= 4 is 11.6 Å². The molecule has 0 aliphatic rings. The number of benzene rings is 2. The number of nitrogens with zero attached hydrogens (tertiary/aromatic N) is 1. The number of hydrogen-bond donors (Lipinski definition) is 2. The molecule has 0 bridgehead atoms. The Bertz CT molecular complexity index is 818. The normalized spacial score (nSPS) is 10.7. The number of nitriles is 1. The van der Waals surface area contributed by atoms with Gasteiger partial charge in [0.05, 0.1) is 7.11 Å². The standard InChI is InChI=1S/C20H21N3O2/c1-14-4-9-19(15(2)10-14)23-20(24)17(11-21)13-22-12-16-5-7-18(25-3)8-6-16/h4-10,13,22H,12H2,1-3H3,(H,23,24)/b17-13-. The number of ether oxygens (including phenoxy) is 1. The maximum Gasteiger partial charge on any atom is 0.267 e. The second kappa shape index (κ2) is 8.55. The molecule has 128 valence electrons. The summed E-state index contributed by atoms with van der Waals surface area (Å²) < 4.78 is 5.11. The first-order chi connectivity index (χ1) is 12.0. The van der Waals surface area contributed by atoms with E-state index in [0.717, 1.165) is 22.4 Å². The van der Waals surface area contributed by atoms with Crippen molar-refractivity contribution in [3.8, 4) is 11.8 Å². The maximum atomic E-state index is 12.2. The third-order valence-electron chi connectivity index (χ3n) is 3.71. The predicted octanol–water partition coefficient (Wildman–Crippen LogP) is 3.45. The monoisotopic (exact) mass is 335 g/mol. The van der Waals surface area contributed by atoms with Crippen LogP contribution in [0.15, 0.2) is 54.2 Å². The fourth-order valence-corrected chi connectivity index (χ4v) is 2.31. The molecule has 0 aromatic heterocycles. The zero-order valence-corrected chi connectivity index (χ0v) is 14.6. The number of nitrogens with one attached hydrogen (secondary N) is 2. The van der Waals surface area contributed by atoms with Crippen molar-refractivity contribution in [2.75, 3.05) is 12.4 Å². The predicted molar refractivity (Wildman–Crippen MR) is 98.1 cm³/mol. The first-order valence-electron chi connectivity index (χ1n) is 7.88. The molecule has 0 saturated heterocycles. The molecule has 5 nitrogen and oxygen atoms in total. The molecule has 0 radical (unpaired) electrons. The lowest BCUT2D eigenvalue weighted by atomic mass is 10.1. The Balaban J connectivity index is 1.98. The molecule has 0 spiro atoms. The summed E-state index contributed by atoms with van der Waals surface area (Å²) >= 11 is 0. The molecule has 0 aliphatic heterocycles. The lowest BCUT2D eigenvalue weighted by molar-refractivity contribution is -0.112. The Morgan fingerprint density at radius 1 is 1.20 bits per heavy atom. The minimum absolute atomic E-state index is 0.0217. The van der Waals surface area contributed by atoms with Crippen molar-refractivity contribution in [2.24, 2.45) is 0 Å². The fraction of sp³-hybridized carbons (Fsp3) is 0.200. The molecule has 2 rings (SSSR count). The van der Waals surface area contributed by atoms with Gasteiger partial charge in [-0.15, -0.1) is 0 Å². The van der Waals surface area contributed by atoms with Crippen molar-refractivity contribution in [3.05, 3.63) is 70.9 Å². The van der Waals surface area contributed by atoms with Crippen LogP contribution in [-0.4, -0.2) is 13.0 Å². The number of hydrogen-bond acceptors (Lipinski definition) is 4. The average Bonchev–Trinajstić information content (AvgIpc) is 2.61. The Morgan fingerprint density at radius 3 is 2.52 bits per heavy atom. The molecule has 1 amide bonds. The lowest BCUT2D eigenvalue weighted by Crippen LogP contribution is -2.17. The average molecular weight is 335 g/mol. The second-order valence-electron chi connectivity index (χ2n) is 5.67. The van der Waals surface area contributed by atoms with Crippen molar-refractivity contribution in [1.29, 1.82) is 5.26 Å². The van der Waals surface area contributed by atoms with Gasteiger partial charge < -0.3 is 15.4 Å². The molecular weight excluding hydrogens is 314 g/mol. The highest BCUT2D eigenvalue weighted by Crippen LogP contribution is 2.16. The minimum atomic E-state index is -0.434. The van der Waals surface area contributed by atoms with Crippen LogP contribution in [0, 0.1) is 25.2 Å². The van der Waals surface area contributed by atoms with E-state index < -0.39 is 5.91 Å². The Labute approximate surface area is 147 Å². The van der Waals surface area contributed by atoms with E-state index in [2.05, 4.69) is 10.6 Å². The van der Waals surface area contributed by atoms with Gasteiger partial charge in [0.2, 0.25) is 0 Å². The number of anilines is 1. The van der Waals surface area contributed by atoms with E-state index in [4.69, 9.17) is 4.74 Å². The summed E-state index contributed by atoms with van der Waals surface area (Å²) in [7, 11) is 1.61. The van der Waals surface area contributed by atoms with Gasteiger partial charge >= 0.3 is 0 Å². The van der Waals surface area contributed by atoms with Gasteiger partial charge in [0.15, 0.2) is 0 Å². The number of amides is 1. The van der Waals surface area contributed by atoms with E-state index >= 15 is 0 Å². The van der Waals surface area contributed by atoms with Crippen LogP contribution in [0.3, 0.4) is 0 Å². The molecule has 2 aromatic rings. The smallest absolute Gasteiger partial charge is 0.267 e. The van der Waals surface area contributed by atoms with Gasteiger partial charge in [-0.25, -0.2) is 0 Å². The first-order valence-corrected chi connectivity index (χ1v) is 7.88. The van der Waals surface area contributed by atoms with E-state index in [-0.39, 0.29) is 5.57 Å². The highest BCUT2D eigenvalue weighted by atomic mass is 16.5. The largest absolute Gasteiger partial charge is 0.497 e. The molecule has 25 heavy (non-hydrogen) atoms. The van der Waals surface area contributed by atoms with Crippen LogP contribution in [0.1, 0.15) is 16.7 Å². The Morgan fingerprint density at radius 2 is 1.92 bits per heavy atom. The molecule has 0 aliphatic carbocycles. The van der Waals surface area contributed by atoms with Crippen LogP contribution in [0.25, 0.3) is 0 Å². The molecule has 0 fully saturated rings. The molecule has 0 atom stereocenters. The van der Waals surface area contributed by atoms with Crippen LogP contribution in [0.5, 0.6) is 5.75 Å². The van der Waals surface area contributed by atoms with E-state index in [1.54, 1.807) is 7.11 Å². The number of methoxy groups -OCH3 is 1. The fourth-order valence-electron chi connectivity index (χ4n) is 2.31. The highest BCUT2D eigenvalue weighted by molar-refractivity contribution is 6.06. The molecule has 0 saturated carbocycles. The van der Waals surface area contributed by atoms with Crippen LogP contribution in [-0.2, 0) is 11.3 Å². The van der Waals surface area contributed by atoms with Crippen molar-refractivity contribution < 1.29 is 9.53 Å². The van der Waals surface area contributed by atoms with Crippen LogP contribution < -0.4 is 15.4 Å². The Kier molecular flexibility index (Phi) is 6.19. The van der Waals surface area contributed by atoms with Crippen molar-refractivity contribution in [1.82, 2.24) is 5.32 Å². The maximum absolute atomic E-state index is 12.2. The number of aryl methyl sites for hydroxylation is 2. The zero-order chi connectivity index (χ0) is 18.2. The molecule has 0 heterocycles. The molecule has 2 N–H and O–H groups in total. The SMILES string of the molecule is COc1ccc(CN/C=C(/C#N)C(=O)Nc2ccc(C)cc2C)cc1. The number of carbonyl (C=O) groups is 1. The summed E-state index contributed by atoms with van der Waals surface area (Å²) in [6.07, 6.45) is 1.43. The van der Waals surface area contributed by atoms with Gasteiger partial charge in [0.1, 0.15) is 17.4 Å². The second-order valence-corrected chi connectivity index (χ2v) is 5.67. The van der Waals surface area contributed by atoms with Gasteiger partial charge in [-0.2, -0.15) is 5.26 Å². The highest BCUT2D eigenvalue weighted by Gasteiger charge is 2.10. The van der Waals surface area contributed by atoms with Crippen LogP contribution in [0.2, 0.25) is 0 Å². The topological polar surface area (TPSA) is 74.1 Å². The van der Waals surface area contributed by atoms with Crippen molar-refractivity contribution in [3.63, 3.8) is 0 Å². The first kappa shape index (κ1) is 18.1. The zero-order valence-electron chi connectivity index (χ0n) is 14.6. The Hall–Kier alpha value is -3.26. The van der Waals surface area contributed by atoms with Gasteiger partial charge in [-0.3, -0.25) is 4.79 Å². The van der Waals surface area contributed by atoms with E-state index in [1.807, 2.05) is 62.4 Å². The lowest BCUT2D eigenvalue weighted by Gasteiger charge is -2.09. The summed E-state index contributed by atoms with van der Waals surface area (Å²) in [6, 6.07) is 15.2. The van der Waals surface area contributed by atoms with E-state index in [0.29, 0.717) is 12.2 Å². The number of rotatable bonds is 6. The summed E-state index contributed by atoms with van der Waals surface area (Å²) in [6.45, 7) is 4.41. The van der Waals surface area contributed by atoms with E-state index in [1.165, 1.54) is 6.20 Å². The summed E-state index contributed by atoms with van der Waals surface area (Å²) in [5.74, 6) is 0.349.